The van der Waals surface area contributed by atoms with Crippen LogP contribution in [-0.2, 0) is 13.0 Å². The van der Waals surface area contributed by atoms with Crippen LogP contribution in [0.25, 0.3) is 11.5 Å². The van der Waals surface area contributed by atoms with Gasteiger partial charge in [-0.3, -0.25) is 4.90 Å². The van der Waals surface area contributed by atoms with Gasteiger partial charge in [-0.25, -0.2) is 4.79 Å². The molecule has 0 aliphatic carbocycles. The van der Waals surface area contributed by atoms with E-state index in [9.17, 15) is 4.79 Å². The molecule has 4 rings (SSSR count). The van der Waals surface area contributed by atoms with Gasteiger partial charge in [0.1, 0.15) is 0 Å². The smallest absolute Gasteiger partial charge is 0.317 e. The number of carbonyl (C=O) groups excluding carboxylic acids is 1. The lowest BCUT2D eigenvalue weighted by Gasteiger charge is -2.34. The third kappa shape index (κ3) is 5.20. The molecule has 0 atom stereocenters. The summed E-state index contributed by atoms with van der Waals surface area (Å²) in [5.74, 6) is 1.20. The van der Waals surface area contributed by atoms with E-state index >= 15 is 0 Å². The summed E-state index contributed by atoms with van der Waals surface area (Å²) in [5.41, 5.74) is 2.04. The maximum absolute atomic E-state index is 12.4. The van der Waals surface area contributed by atoms with Gasteiger partial charge in [0.15, 0.2) is 0 Å². The van der Waals surface area contributed by atoms with Crippen molar-refractivity contribution in [2.45, 2.75) is 13.0 Å². The van der Waals surface area contributed by atoms with E-state index in [1.165, 1.54) is 0 Å². The number of urea groups is 1. The third-order valence-electron chi connectivity index (χ3n) is 5.08. The SMILES string of the molecule is O=C(NCc1ccccc1)N1CCN(CCc2nnc(-c3ccccc3)o2)CC1. The standard InChI is InChI=1S/C22H25N5O2/c28-22(23-17-18-7-3-1-4-8-18)27-15-13-26(14-16-27)12-11-20-24-25-21(29-20)19-9-5-2-6-10-19/h1-10H,11-17H2,(H,23,28). The third-order valence-corrected chi connectivity index (χ3v) is 5.08. The normalized spacial score (nSPS) is 14.7. The van der Waals surface area contributed by atoms with Gasteiger partial charge in [-0.05, 0) is 17.7 Å². The first kappa shape index (κ1) is 19.1. The fourth-order valence-corrected chi connectivity index (χ4v) is 3.37. The number of carbonyl (C=O) groups is 1. The van der Waals surface area contributed by atoms with Crippen molar-refractivity contribution in [3.63, 3.8) is 0 Å². The summed E-state index contributed by atoms with van der Waals surface area (Å²) in [6, 6.07) is 19.7. The second-order valence-electron chi connectivity index (χ2n) is 7.09. The minimum absolute atomic E-state index is 0.00194. The van der Waals surface area contributed by atoms with Crippen molar-refractivity contribution < 1.29 is 9.21 Å². The Labute approximate surface area is 170 Å². The zero-order valence-electron chi connectivity index (χ0n) is 16.3. The van der Waals surface area contributed by atoms with Crippen molar-refractivity contribution >= 4 is 6.03 Å². The summed E-state index contributed by atoms with van der Waals surface area (Å²) >= 11 is 0. The molecule has 3 aromatic rings. The quantitative estimate of drug-likeness (QED) is 0.699. The molecule has 2 amide bonds. The number of amides is 2. The molecule has 29 heavy (non-hydrogen) atoms. The first-order chi connectivity index (χ1) is 14.3. The molecular formula is C22H25N5O2. The molecule has 1 aliphatic rings. The van der Waals surface area contributed by atoms with Gasteiger partial charge in [0.05, 0.1) is 0 Å². The molecule has 0 saturated carbocycles. The number of rotatable bonds is 6. The van der Waals surface area contributed by atoms with Gasteiger partial charge in [0.2, 0.25) is 11.8 Å². The van der Waals surface area contributed by atoms with E-state index in [0.29, 0.717) is 24.7 Å². The number of benzene rings is 2. The Morgan fingerprint density at radius 3 is 2.34 bits per heavy atom. The summed E-state index contributed by atoms with van der Waals surface area (Å²) in [4.78, 5) is 16.6. The predicted molar refractivity (Wildman–Crippen MR) is 110 cm³/mol. The highest BCUT2D eigenvalue weighted by Crippen LogP contribution is 2.17. The maximum Gasteiger partial charge on any atom is 0.317 e. The van der Waals surface area contributed by atoms with Crippen LogP contribution in [0.3, 0.4) is 0 Å². The van der Waals surface area contributed by atoms with Gasteiger partial charge in [0, 0.05) is 51.3 Å². The average molecular weight is 391 g/mol. The Kier molecular flexibility index (Phi) is 6.16. The molecule has 0 spiro atoms. The fourth-order valence-electron chi connectivity index (χ4n) is 3.37. The Balaban J connectivity index is 1.19. The van der Waals surface area contributed by atoms with Gasteiger partial charge >= 0.3 is 6.03 Å². The zero-order valence-corrected chi connectivity index (χ0v) is 16.3. The Bertz CT molecular complexity index is 905. The Morgan fingerprint density at radius 1 is 0.931 bits per heavy atom. The summed E-state index contributed by atoms with van der Waals surface area (Å²) in [5, 5.41) is 11.3. The highest BCUT2D eigenvalue weighted by atomic mass is 16.4. The molecule has 0 unspecified atom stereocenters. The van der Waals surface area contributed by atoms with Crippen molar-refractivity contribution in [1.82, 2.24) is 25.3 Å². The van der Waals surface area contributed by atoms with Crippen molar-refractivity contribution in [3.05, 3.63) is 72.1 Å². The van der Waals surface area contributed by atoms with Crippen LogP contribution >= 0.6 is 0 Å². The average Bonchev–Trinajstić information content (AvgIpc) is 3.27. The number of hydrogen-bond acceptors (Lipinski definition) is 5. The first-order valence-electron chi connectivity index (χ1n) is 9.95. The minimum atomic E-state index is -0.00194. The summed E-state index contributed by atoms with van der Waals surface area (Å²) in [7, 11) is 0. The summed E-state index contributed by atoms with van der Waals surface area (Å²) in [6.45, 7) is 4.53. The van der Waals surface area contributed by atoms with Crippen LogP contribution in [0.1, 0.15) is 11.5 Å². The second-order valence-corrected chi connectivity index (χ2v) is 7.09. The van der Waals surface area contributed by atoms with Crippen molar-refractivity contribution in [2.24, 2.45) is 0 Å². The fraction of sp³-hybridized carbons (Fsp3) is 0.318. The number of nitrogens with zero attached hydrogens (tertiary/aromatic N) is 4. The van der Waals surface area contributed by atoms with Gasteiger partial charge in [-0.15, -0.1) is 10.2 Å². The van der Waals surface area contributed by atoms with E-state index in [4.69, 9.17) is 4.42 Å². The number of aromatic nitrogens is 2. The van der Waals surface area contributed by atoms with Gasteiger partial charge in [0.25, 0.3) is 0 Å². The van der Waals surface area contributed by atoms with E-state index in [0.717, 1.165) is 43.9 Å². The molecule has 150 valence electrons. The van der Waals surface area contributed by atoms with Gasteiger partial charge in [-0.2, -0.15) is 0 Å². The molecule has 7 nitrogen and oxygen atoms in total. The number of hydrogen-bond donors (Lipinski definition) is 1. The van der Waals surface area contributed by atoms with E-state index in [-0.39, 0.29) is 6.03 Å². The van der Waals surface area contributed by atoms with E-state index < -0.39 is 0 Å². The van der Waals surface area contributed by atoms with Gasteiger partial charge in [-0.1, -0.05) is 48.5 Å². The highest BCUT2D eigenvalue weighted by molar-refractivity contribution is 5.74. The molecule has 7 heteroatoms. The van der Waals surface area contributed by atoms with Crippen LogP contribution in [0.4, 0.5) is 4.79 Å². The van der Waals surface area contributed by atoms with Crippen LogP contribution in [0.5, 0.6) is 0 Å². The lowest BCUT2D eigenvalue weighted by molar-refractivity contribution is 0.138. The van der Waals surface area contributed by atoms with Crippen molar-refractivity contribution in [2.75, 3.05) is 32.7 Å². The number of piperazine rings is 1. The van der Waals surface area contributed by atoms with Crippen LogP contribution in [0, 0.1) is 0 Å². The molecule has 2 aromatic carbocycles. The van der Waals surface area contributed by atoms with Crippen molar-refractivity contribution in [3.8, 4) is 11.5 Å². The molecule has 1 aliphatic heterocycles. The minimum Gasteiger partial charge on any atom is -0.421 e. The van der Waals surface area contributed by atoms with E-state index in [1.54, 1.807) is 0 Å². The van der Waals surface area contributed by atoms with E-state index in [2.05, 4.69) is 20.4 Å². The monoisotopic (exact) mass is 391 g/mol. The van der Waals surface area contributed by atoms with Crippen LogP contribution in [-0.4, -0.2) is 58.8 Å². The van der Waals surface area contributed by atoms with Crippen LogP contribution in [0.2, 0.25) is 0 Å². The topological polar surface area (TPSA) is 74.5 Å². The first-order valence-corrected chi connectivity index (χ1v) is 9.95. The van der Waals surface area contributed by atoms with E-state index in [1.807, 2.05) is 65.6 Å². The summed E-state index contributed by atoms with van der Waals surface area (Å²) < 4.78 is 5.77. The highest BCUT2D eigenvalue weighted by Gasteiger charge is 2.21. The largest absolute Gasteiger partial charge is 0.421 e. The zero-order chi connectivity index (χ0) is 19.9. The molecule has 0 bridgehead atoms. The predicted octanol–water partition coefficient (Wildman–Crippen LogP) is 2.81. The molecule has 1 aromatic heterocycles. The van der Waals surface area contributed by atoms with Crippen molar-refractivity contribution in [1.29, 1.82) is 0 Å². The lowest BCUT2D eigenvalue weighted by atomic mass is 10.2. The molecule has 1 fully saturated rings. The Hall–Kier alpha value is -3.19. The number of nitrogens with one attached hydrogen (secondary N) is 1. The Morgan fingerprint density at radius 2 is 1.62 bits per heavy atom. The molecular weight excluding hydrogens is 366 g/mol. The molecule has 1 N–H and O–H groups in total. The maximum atomic E-state index is 12.4. The molecule has 1 saturated heterocycles. The van der Waals surface area contributed by atoms with Crippen LogP contribution < -0.4 is 5.32 Å². The molecule has 0 radical (unpaired) electrons. The summed E-state index contributed by atoms with van der Waals surface area (Å²) in [6.07, 6.45) is 0.708. The lowest BCUT2D eigenvalue weighted by Crippen LogP contribution is -2.51. The van der Waals surface area contributed by atoms with Crippen LogP contribution in [0.15, 0.2) is 65.1 Å². The van der Waals surface area contributed by atoms with Gasteiger partial charge < -0.3 is 14.6 Å². The second kappa shape index (κ2) is 9.34. The molecule has 2 heterocycles.